The minimum Gasteiger partial charge on any atom is -0.363 e. The highest BCUT2D eigenvalue weighted by Crippen LogP contribution is 2.11. The molecule has 1 aromatic rings. The second-order valence-electron chi connectivity index (χ2n) is 1.38. The first-order valence-electron chi connectivity index (χ1n) is 3.31. The quantitative estimate of drug-likeness (QED) is 0.680. The molecule has 0 saturated carbocycles. The molecule has 58 valence electrons. The van der Waals surface area contributed by atoms with Crippen molar-refractivity contribution >= 4 is 16.5 Å². The summed E-state index contributed by atoms with van der Waals surface area (Å²) in [5.41, 5.74) is 0. The van der Waals surface area contributed by atoms with Gasteiger partial charge in [-0.3, -0.25) is 0 Å². The summed E-state index contributed by atoms with van der Waals surface area (Å²) in [4.78, 5) is 0. The predicted octanol–water partition coefficient (Wildman–Crippen LogP) is 1.91. The fourth-order valence-electron chi connectivity index (χ4n) is 0.398. The Kier molecular flexibility index (Phi) is 4.84. The van der Waals surface area contributed by atoms with Crippen molar-refractivity contribution in [3.63, 3.8) is 0 Å². The number of aromatic nitrogens is 2. The van der Waals surface area contributed by atoms with E-state index >= 15 is 0 Å². The first-order valence-corrected chi connectivity index (χ1v) is 4.12. The summed E-state index contributed by atoms with van der Waals surface area (Å²) in [5.74, 6) is 0. The van der Waals surface area contributed by atoms with Gasteiger partial charge in [-0.2, -0.15) is 0 Å². The van der Waals surface area contributed by atoms with E-state index in [-0.39, 0.29) is 0 Å². The highest BCUT2D eigenvalue weighted by molar-refractivity contribution is 7.15. The van der Waals surface area contributed by atoms with E-state index in [1.54, 1.807) is 11.3 Å². The highest BCUT2D eigenvalue weighted by Gasteiger charge is 1.92. The van der Waals surface area contributed by atoms with Gasteiger partial charge in [-0.15, -0.1) is 10.2 Å². The van der Waals surface area contributed by atoms with Gasteiger partial charge in [-0.05, 0) is 6.92 Å². The first-order chi connectivity index (χ1) is 4.83. The molecule has 0 unspecified atom stereocenters. The molecule has 0 aliphatic rings. The van der Waals surface area contributed by atoms with Gasteiger partial charge in [0.25, 0.3) is 0 Å². The minimum atomic E-state index is 0.877. The number of rotatable bonds is 1. The summed E-state index contributed by atoms with van der Waals surface area (Å²) in [7, 11) is 1.83. The Balaban J connectivity index is 0.000000371. The summed E-state index contributed by atoms with van der Waals surface area (Å²) in [5, 5.41) is 12.3. The van der Waals surface area contributed by atoms with Crippen molar-refractivity contribution in [2.45, 2.75) is 20.8 Å². The van der Waals surface area contributed by atoms with E-state index in [1.807, 2.05) is 27.8 Å². The molecule has 0 spiro atoms. The van der Waals surface area contributed by atoms with Crippen molar-refractivity contribution in [1.29, 1.82) is 0 Å². The molecule has 0 amide bonds. The van der Waals surface area contributed by atoms with E-state index in [9.17, 15) is 0 Å². The number of nitrogens with zero attached hydrogens (tertiary/aromatic N) is 2. The average molecular weight is 159 g/mol. The molecule has 0 saturated heterocycles. The lowest BCUT2D eigenvalue weighted by Gasteiger charge is -1.82. The number of aryl methyl sites for hydroxylation is 1. The van der Waals surface area contributed by atoms with Crippen LogP contribution < -0.4 is 5.32 Å². The van der Waals surface area contributed by atoms with Crippen LogP contribution >= 0.6 is 11.3 Å². The fraction of sp³-hybridized carbons (Fsp3) is 0.667. The lowest BCUT2D eigenvalue weighted by atomic mass is 10.9. The van der Waals surface area contributed by atoms with E-state index in [4.69, 9.17) is 0 Å². The smallest absolute Gasteiger partial charge is 0.205 e. The third kappa shape index (κ3) is 2.77. The predicted molar refractivity (Wildman–Crippen MR) is 45.5 cm³/mol. The van der Waals surface area contributed by atoms with Gasteiger partial charge >= 0.3 is 0 Å². The van der Waals surface area contributed by atoms with Crippen molar-refractivity contribution in [3.05, 3.63) is 5.01 Å². The third-order valence-electron chi connectivity index (χ3n) is 0.740. The van der Waals surface area contributed by atoms with Gasteiger partial charge < -0.3 is 5.32 Å². The van der Waals surface area contributed by atoms with Crippen LogP contribution in [-0.4, -0.2) is 17.2 Å². The molecule has 10 heavy (non-hydrogen) atoms. The van der Waals surface area contributed by atoms with Gasteiger partial charge in [-0.25, -0.2) is 0 Å². The van der Waals surface area contributed by atoms with Crippen molar-refractivity contribution in [2.75, 3.05) is 12.4 Å². The van der Waals surface area contributed by atoms with Gasteiger partial charge in [0.1, 0.15) is 5.01 Å². The second kappa shape index (κ2) is 5.17. The fourth-order valence-corrected chi connectivity index (χ4v) is 0.943. The van der Waals surface area contributed by atoms with Crippen LogP contribution in [0, 0.1) is 6.92 Å². The molecule has 4 heteroatoms. The van der Waals surface area contributed by atoms with Crippen LogP contribution in [0.1, 0.15) is 18.9 Å². The van der Waals surface area contributed by atoms with E-state index < -0.39 is 0 Å². The molecule has 0 aliphatic carbocycles. The topological polar surface area (TPSA) is 37.8 Å². The van der Waals surface area contributed by atoms with Crippen molar-refractivity contribution < 1.29 is 0 Å². The van der Waals surface area contributed by atoms with Crippen molar-refractivity contribution in [2.24, 2.45) is 0 Å². The molecular weight excluding hydrogens is 146 g/mol. The van der Waals surface area contributed by atoms with Gasteiger partial charge in [0.05, 0.1) is 0 Å². The van der Waals surface area contributed by atoms with E-state index in [2.05, 4.69) is 15.5 Å². The second-order valence-corrected chi connectivity index (χ2v) is 2.56. The summed E-state index contributed by atoms with van der Waals surface area (Å²) in [6.07, 6.45) is 0. The minimum absolute atomic E-state index is 0.877. The van der Waals surface area contributed by atoms with E-state index in [0.717, 1.165) is 10.1 Å². The molecule has 0 radical (unpaired) electrons. The Bertz CT molecular complexity index is 173. The summed E-state index contributed by atoms with van der Waals surface area (Å²) >= 11 is 1.55. The SMILES string of the molecule is CC.CNc1nnc(C)s1. The molecule has 0 fully saturated rings. The lowest BCUT2D eigenvalue weighted by Crippen LogP contribution is -1.84. The summed E-state index contributed by atoms with van der Waals surface area (Å²) < 4.78 is 0. The maximum Gasteiger partial charge on any atom is 0.205 e. The monoisotopic (exact) mass is 159 g/mol. The Morgan fingerprint density at radius 2 is 1.90 bits per heavy atom. The molecule has 1 aromatic heterocycles. The number of nitrogens with one attached hydrogen (secondary N) is 1. The molecule has 1 N–H and O–H groups in total. The average Bonchev–Trinajstić information content (AvgIpc) is 2.40. The van der Waals surface area contributed by atoms with Crippen LogP contribution in [0.15, 0.2) is 0 Å². The standard InChI is InChI=1S/C4H7N3S.C2H6/c1-3-6-7-4(5-2)8-3;1-2/h1-2H3,(H,5,7);1-2H3. The van der Waals surface area contributed by atoms with Gasteiger partial charge in [0.2, 0.25) is 5.13 Å². The molecule has 1 heterocycles. The number of hydrogen-bond donors (Lipinski definition) is 1. The number of anilines is 1. The Hall–Kier alpha value is -0.640. The summed E-state index contributed by atoms with van der Waals surface area (Å²) in [6, 6.07) is 0. The third-order valence-corrected chi connectivity index (χ3v) is 1.60. The van der Waals surface area contributed by atoms with E-state index in [0.29, 0.717) is 0 Å². The zero-order valence-electron chi connectivity index (χ0n) is 6.80. The maximum absolute atomic E-state index is 3.79. The molecule has 1 rings (SSSR count). The molecule has 3 nitrogen and oxygen atoms in total. The van der Waals surface area contributed by atoms with Crippen LogP contribution in [0.4, 0.5) is 5.13 Å². The van der Waals surface area contributed by atoms with Crippen LogP contribution in [0.2, 0.25) is 0 Å². The maximum atomic E-state index is 3.79. The van der Waals surface area contributed by atoms with Gasteiger partial charge in [-0.1, -0.05) is 25.2 Å². The Morgan fingerprint density at radius 1 is 1.30 bits per heavy atom. The van der Waals surface area contributed by atoms with Gasteiger partial charge in [0, 0.05) is 7.05 Å². The molecule has 0 aromatic carbocycles. The van der Waals surface area contributed by atoms with Crippen LogP contribution in [0.5, 0.6) is 0 Å². The zero-order valence-corrected chi connectivity index (χ0v) is 7.62. The number of hydrogen-bond acceptors (Lipinski definition) is 4. The Labute approximate surface area is 65.5 Å². The highest BCUT2D eigenvalue weighted by atomic mass is 32.1. The van der Waals surface area contributed by atoms with Crippen LogP contribution in [0.25, 0.3) is 0 Å². The Morgan fingerprint density at radius 3 is 2.10 bits per heavy atom. The van der Waals surface area contributed by atoms with Crippen LogP contribution in [-0.2, 0) is 0 Å². The molecule has 0 aliphatic heterocycles. The van der Waals surface area contributed by atoms with E-state index in [1.165, 1.54) is 0 Å². The molecule has 0 bridgehead atoms. The zero-order chi connectivity index (χ0) is 7.98. The first kappa shape index (κ1) is 9.36. The van der Waals surface area contributed by atoms with Crippen molar-refractivity contribution in [3.8, 4) is 0 Å². The largest absolute Gasteiger partial charge is 0.363 e. The van der Waals surface area contributed by atoms with Crippen LogP contribution in [0.3, 0.4) is 0 Å². The summed E-state index contributed by atoms with van der Waals surface area (Å²) in [6.45, 7) is 5.93. The molecular formula is C6H13N3S. The van der Waals surface area contributed by atoms with Gasteiger partial charge in [0.15, 0.2) is 0 Å². The van der Waals surface area contributed by atoms with Crippen molar-refractivity contribution in [1.82, 2.24) is 10.2 Å². The molecule has 0 atom stereocenters. The normalized spacial score (nSPS) is 8.00. The lowest BCUT2D eigenvalue weighted by molar-refractivity contribution is 1.05.